The second-order valence-corrected chi connectivity index (χ2v) is 18.7. The molecule has 17 atom stereocenters. The van der Waals surface area contributed by atoms with Crippen molar-refractivity contribution in [2.75, 3.05) is 13.2 Å². The summed E-state index contributed by atoms with van der Waals surface area (Å²) in [5.74, 6) is 0.343. The Bertz CT molecular complexity index is 1240. The van der Waals surface area contributed by atoms with E-state index in [1.54, 1.807) is 0 Å². The van der Waals surface area contributed by atoms with Crippen LogP contribution in [0.5, 0.6) is 0 Å². The summed E-state index contributed by atoms with van der Waals surface area (Å²) in [4.78, 5) is 0. The minimum atomic E-state index is -1.28. The lowest BCUT2D eigenvalue weighted by Crippen LogP contribution is -2.61. The lowest BCUT2D eigenvalue weighted by atomic mass is 9.41. The van der Waals surface area contributed by atoms with Crippen LogP contribution < -0.4 is 0 Å². The molecule has 0 aromatic heterocycles. The molecule has 8 aliphatic rings. The maximum atomic E-state index is 12.8. The molecule has 5 aliphatic carbocycles. The van der Waals surface area contributed by atoms with Gasteiger partial charge in [0.1, 0.15) is 30.5 Å². The molecular weight excluding hydrogens is 588 g/mol. The Morgan fingerprint density at radius 1 is 0.870 bits per heavy atom. The summed E-state index contributed by atoms with van der Waals surface area (Å²) >= 11 is 0. The topological polar surface area (TPSA) is 127 Å². The molecule has 17 unspecified atom stereocenters. The smallest absolute Gasteiger partial charge is 0.199 e. The van der Waals surface area contributed by atoms with Crippen LogP contribution in [0.25, 0.3) is 0 Å². The van der Waals surface area contributed by atoms with Crippen molar-refractivity contribution in [1.29, 1.82) is 0 Å². The van der Waals surface area contributed by atoms with Crippen molar-refractivity contribution in [2.24, 2.45) is 50.7 Å². The zero-order valence-corrected chi connectivity index (χ0v) is 29.3. The van der Waals surface area contributed by atoms with Crippen LogP contribution in [0.1, 0.15) is 107 Å². The number of rotatable bonds is 5. The first-order valence-corrected chi connectivity index (χ1v) is 18.5. The monoisotopic (exact) mass is 648 g/mol. The van der Waals surface area contributed by atoms with Crippen LogP contribution in [0.3, 0.4) is 0 Å². The van der Waals surface area contributed by atoms with Crippen LogP contribution in [0, 0.1) is 50.7 Å². The van der Waals surface area contributed by atoms with Gasteiger partial charge in [-0.25, -0.2) is 0 Å². The van der Waals surface area contributed by atoms with Crippen LogP contribution in [-0.2, 0) is 23.7 Å². The van der Waals surface area contributed by atoms with E-state index < -0.39 is 42.1 Å². The van der Waals surface area contributed by atoms with E-state index in [1.165, 1.54) is 12.8 Å². The molecule has 8 fully saturated rings. The fourth-order valence-electron chi connectivity index (χ4n) is 14.4. The van der Waals surface area contributed by atoms with Gasteiger partial charge in [-0.05, 0) is 112 Å². The van der Waals surface area contributed by atoms with E-state index in [2.05, 4.69) is 48.5 Å². The Hall–Kier alpha value is -0.360. The van der Waals surface area contributed by atoms with Crippen molar-refractivity contribution in [1.82, 2.24) is 0 Å². The molecule has 3 spiro atoms. The highest BCUT2D eigenvalue weighted by Crippen LogP contribution is 2.90. The lowest BCUT2D eigenvalue weighted by molar-refractivity contribution is -0.303. The highest BCUT2D eigenvalue weighted by molar-refractivity contribution is 5.34. The number of fused-ring (bicyclic) bond motifs is 4. The molecule has 262 valence electrons. The van der Waals surface area contributed by atoms with E-state index in [9.17, 15) is 20.4 Å². The van der Waals surface area contributed by atoms with Gasteiger partial charge in [0.2, 0.25) is 0 Å². The van der Waals surface area contributed by atoms with Gasteiger partial charge in [-0.1, -0.05) is 34.6 Å². The van der Waals surface area contributed by atoms with Gasteiger partial charge < -0.3 is 44.1 Å². The van der Waals surface area contributed by atoms with Crippen LogP contribution in [0.4, 0.5) is 0 Å². The molecule has 3 heterocycles. The molecule has 2 bridgehead atoms. The minimum Gasteiger partial charge on any atom is -0.388 e. The van der Waals surface area contributed by atoms with Crippen LogP contribution in [-0.4, -0.2) is 94.0 Å². The fourth-order valence-corrected chi connectivity index (χ4v) is 14.4. The summed E-state index contributed by atoms with van der Waals surface area (Å²) in [5.41, 5.74) is -0.714. The number of aliphatic hydroxyl groups is 4. The van der Waals surface area contributed by atoms with Crippen molar-refractivity contribution in [3.8, 4) is 0 Å². The van der Waals surface area contributed by atoms with Gasteiger partial charge in [-0.15, -0.1) is 0 Å². The fraction of sp³-hybridized carbons (Fsp3) is 1.00. The summed E-state index contributed by atoms with van der Waals surface area (Å²) in [6.07, 6.45) is 2.71. The third-order valence-corrected chi connectivity index (χ3v) is 16.4. The maximum Gasteiger partial charge on any atom is 0.199 e. The van der Waals surface area contributed by atoms with E-state index in [0.717, 1.165) is 38.5 Å². The van der Waals surface area contributed by atoms with Gasteiger partial charge >= 0.3 is 0 Å². The second-order valence-electron chi connectivity index (χ2n) is 18.7. The van der Waals surface area contributed by atoms with E-state index in [1.807, 2.05) is 6.92 Å². The summed E-state index contributed by atoms with van der Waals surface area (Å²) in [5, 5.41) is 43.7. The van der Waals surface area contributed by atoms with Gasteiger partial charge in [-0.2, -0.15) is 0 Å². The van der Waals surface area contributed by atoms with Crippen molar-refractivity contribution in [3.05, 3.63) is 0 Å². The average molecular weight is 649 g/mol. The average Bonchev–Trinajstić information content (AvgIpc) is 3.50. The second kappa shape index (κ2) is 9.91. The summed E-state index contributed by atoms with van der Waals surface area (Å²) in [6.45, 7) is 18.7. The first-order valence-electron chi connectivity index (χ1n) is 18.5. The van der Waals surface area contributed by atoms with Crippen molar-refractivity contribution in [3.63, 3.8) is 0 Å². The van der Waals surface area contributed by atoms with Gasteiger partial charge in [0.15, 0.2) is 12.1 Å². The van der Waals surface area contributed by atoms with Gasteiger partial charge in [0, 0.05) is 17.9 Å². The number of aliphatic hydroxyl groups excluding tert-OH is 4. The first kappa shape index (κ1) is 32.8. The van der Waals surface area contributed by atoms with E-state index in [-0.39, 0.29) is 57.9 Å². The third-order valence-electron chi connectivity index (χ3n) is 16.4. The quantitative estimate of drug-likeness (QED) is 0.325. The van der Waals surface area contributed by atoms with Crippen LogP contribution >= 0.6 is 0 Å². The number of ether oxygens (including phenoxy) is 5. The van der Waals surface area contributed by atoms with Gasteiger partial charge in [0.05, 0.1) is 24.4 Å². The Morgan fingerprint density at radius 3 is 2.28 bits per heavy atom. The Kier molecular flexibility index (Phi) is 7.07. The zero-order chi connectivity index (χ0) is 33.0. The summed E-state index contributed by atoms with van der Waals surface area (Å²) in [6, 6.07) is 0. The maximum absolute atomic E-state index is 12.8. The predicted octanol–water partition coefficient (Wildman–Crippen LogP) is 4.17. The Morgan fingerprint density at radius 2 is 1.57 bits per heavy atom. The molecule has 5 saturated carbocycles. The third kappa shape index (κ3) is 3.69. The molecule has 0 amide bonds. The molecule has 9 heteroatoms. The largest absolute Gasteiger partial charge is 0.388 e. The molecular formula is C37H60O9. The molecule has 8 rings (SSSR count). The molecule has 3 saturated heterocycles. The molecule has 46 heavy (non-hydrogen) atoms. The van der Waals surface area contributed by atoms with Crippen molar-refractivity contribution >= 4 is 0 Å². The molecule has 0 aromatic carbocycles. The van der Waals surface area contributed by atoms with Crippen LogP contribution in [0.2, 0.25) is 0 Å². The molecule has 4 N–H and O–H groups in total. The first-order chi connectivity index (χ1) is 21.5. The van der Waals surface area contributed by atoms with Crippen LogP contribution in [0.15, 0.2) is 0 Å². The summed E-state index contributed by atoms with van der Waals surface area (Å²) in [7, 11) is 0. The van der Waals surface area contributed by atoms with Gasteiger partial charge in [-0.3, -0.25) is 0 Å². The summed E-state index contributed by atoms with van der Waals surface area (Å²) < 4.78 is 32.5. The van der Waals surface area contributed by atoms with Gasteiger partial charge in [0.25, 0.3) is 0 Å². The Balaban J connectivity index is 1.09. The molecule has 0 aromatic rings. The highest BCUT2D eigenvalue weighted by atomic mass is 16.8. The number of hydrogen-bond acceptors (Lipinski definition) is 9. The molecule has 0 radical (unpaired) electrons. The van der Waals surface area contributed by atoms with Crippen molar-refractivity contribution < 1.29 is 44.1 Å². The highest BCUT2D eigenvalue weighted by Gasteiger charge is 2.88. The SMILES string of the molecule is CCOC(C)(C)C1OC23OC1CC(C)C2C1(C)CCC24CC25CCC(OC2OCC(O)C(O)C2O)C(C)(C)C5CCC4C1(C)C3O. The minimum absolute atomic E-state index is 0.0486. The Labute approximate surface area is 275 Å². The predicted molar refractivity (Wildman–Crippen MR) is 168 cm³/mol. The van der Waals surface area contributed by atoms with Crippen molar-refractivity contribution in [2.45, 2.75) is 167 Å². The molecule has 9 nitrogen and oxygen atoms in total. The zero-order valence-electron chi connectivity index (χ0n) is 29.3. The lowest BCUT2D eigenvalue weighted by Gasteiger charge is -2.63. The number of hydrogen-bond donors (Lipinski definition) is 4. The normalized spacial score (nSPS) is 60.0. The van der Waals surface area contributed by atoms with E-state index in [4.69, 9.17) is 23.7 Å². The van der Waals surface area contributed by atoms with E-state index in [0.29, 0.717) is 24.4 Å². The molecule has 3 aliphatic heterocycles. The standard InChI is InChI=1S/C37H60O9/c1-9-43-32(5,6)28-21-16-19(2)27-33(7)14-15-36-18-35(36)13-12-24(44-29-26(40)25(39)20(38)17-42-29)31(3,4)22(35)10-11-23(36)34(33,8)30(41)37(27,45-21)46-28/h19-30,38-41H,9-18H2,1-8H3. The van der Waals surface area contributed by atoms with E-state index >= 15 is 0 Å².